The highest BCUT2D eigenvalue weighted by Crippen LogP contribution is 2.76. The molecule has 1 heterocycles. The Hall–Kier alpha value is -2.12. The largest absolute Gasteiger partial charge is 0.462 e. The number of carbonyl (C=O) groups is 2. The number of hydrogen-bond acceptors (Lipinski definition) is 4. The summed E-state index contributed by atoms with van der Waals surface area (Å²) in [5, 5.41) is 4.80. The number of halogens is 1. The number of thiocarbonyl (C=S) groups is 1. The highest BCUT2D eigenvalue weighted by Gasteiger charge is 2.70. The van der Waals surface area contributed by atoms with Gasteiger partial charge in [-0.05, 0) is 140 Å². The number of aryl methyl sites for hydroxylation is 1. The molecule has 1 aliphatic heterocycles. The standard InChI is InChI=1S/C44H64ClN3O3S/c1-27-14-19-44(38(50)47-22-24-48(25-23-47)39(52)46-31-11-10-28(2)33(45)26-31)21-20-42(8)32(37(44)29(27)3)12-13-35-41(7)17-16-36(51-30(4)49)40(5,6)34(41)15-18-43(35,42)9/h10-12,26-27,29,34-37H,13-25H2,1-9H3,(H,46,52)/t27-,29+,34+,35-,36+,37+,41+,42-,43-,44+/m1/s1. The second-order valence-corrected chi connectivity index (χ2v) is 20.2. The van der Waals surface area contributed by atoms with Crippen LogP contribution in [0.15, 0.2) is 29.8 Å². The van der Waals surface area contributed by atoms with Gasteiger partial charge in [-0.1, -0.05) is 77.8 Å². The van der Waals surface area contributed by atoms with Crippen molar-refractivity contribution in [2.45, 2.75) is 126 Å². The molecule has 0 spiro atoms. The van der Waals surface area contributed by atoms with E-state index < -0.39 is 0 Å². The third-order valence-electron chi connectivity index (χ3n) is 16.9. The van der Waals surface area contributed by atoms with Crippen LogP contribution >= 0.6 is 23.8 Å². The first-order chi connectivity index (χ1) is 24.4. The van der Waals surface area contributed by atoms with Gasteiger partial charge in [0.1, 0.15) is 6.10 Å². The number of anilines is 1. The van der Waals surface area contributed by atoms with Crippen molar-refractivity contribution in [3.05, 3.63) is 40.4 Å². The topological polar surface area (TPSA) is 61.9 Å². The summed E-state index contributed by atoms with van der Waals surface area (Å²) in [4.78, 5) is 31.6. The highest BCUT2D eigenvalue weighted by molar-refractivity contribution is 7.80. The van der Waals surface area contributed by atoms with Crippen molar-refractivity contribution in [3.8, 4) is 0 Å². The quantitative estimate of drug-likeness (QED) is 0.189. The Kier molecular flexibility index (Phi) is 9.74. The molecule has 10 atom stereocenters. The lowest BCUT2D eigenvalue weighted by Gasteiger charge is -2.71. The van der Waals surface area contributed by atoms with Crippen molar-refractivity contribution >= 4 is 46.5 Å². The minimum Gasteiger partial charge on any atom is -0.462 e. The Morgan fingerprint density at radius 1 is 0.904 bits per heavy atom. The van der Waals surface area contributed by atoms with Crippen LogP contribution in [0.5, 0.6) is 0 Å². The second-order valence-electron chi connectivity index (χ2n) is 19.4. The van der Waals surface area contributed by atoms with Crippen LogP contribution in [0.2, 0.25) is 5.02 Å². The van der Waals surface area contributed by atoms with Crippen molar-refractivity contribution in [1.29, 1.82) is 0 Å². The number of amides is 1. The SMILES string of the molecule is CC(=O)O[C@H]1CC[C@]2(C)[C@H]3CC=C4[C@@H]5[C@@H](C)[C@H](C)CC[C@]5(C(=O)N5CCN(C(=S)Nc6ccc(C)c(Cl)c6)CC5)CC[C@@]4(C)[C@]3(C)CC[C@H]2C1(C)C. The highest BCUT2D eigenvalue weighted by atomic mass is 35.5. The molecule has 7 rings (SSSR count). The Balaban J connectivity index is 1.13. The summed E-state index contributed by atoms with van der Waals surface area (Å²) in [5.74, 6) is 2.69. The smallest absolute Gasteiger partial charge is 0.302 e. The number of hydrogen-bond donors (Lipinski definition) is 1. The molecule has 0 unspecified atom stereocenters. The Morgan fingerprint density at radius 2 is 1.60 bits per heavy atom. The molecule has 0 bridgehead atoms. The molecule has 4 saturated carbocycles. The zero-order valence-electron chi connectivity index (χ0n) is 33.4. The first-order valence-electron chi connectivity index (χ1n) is 20.4. The van der Waals surface area contributed by atoms with Gasteiger partial charge in [-0.15, -0.1) is 0 Å². The molecule has 5 fully saturated rings. The number of ether oxygens (including phenoxy) is 1. The van der Waals surface area contributed by atoms with E-state index in [1.165, 1.54) is 12.8 Å². The van der Waals surface area contributed by atoms with E-state index >= 15 is 4.79 Å². The molecular weight excluding hydrogens is 686 g/mol. The van der Waals surface area contributed by atoms with E-state index in [0.717, 1.165) is 74.3 Å². The van der Waals surface area contributed by atoms with Crippen molar-refractivity contribution in [1.82, 2.24) is 9.80 Å². The van der Waals surface area contributed by atoms with Crippen LogP contribution in [0.4, 0.5) is 5.69 Å². The molecule has 1 aromatic rings. The van der Waals surface area contributed by atoms with E-state index in [4.69, 9.17) is 28.6 Å². The molecule has 5 aliphatic carbocycles. The second kappa shape index (κ2) is 13.3. The molecule has 6 aliphatic rings. The van der Waals surface area contributed by atoms with Gasteiger partial charge in [-0.25, -0.2) is 0 Å². The summed E-state index contributed by atoms with van der Waals surface area (Å²) in [5.41, 5.74) is 3.61. The van der Waals surface area contributed by atoms with Crippen LogP contribution < -0.4 is 5.32 Å². The monoisotopic (exact) mass is 749 g/mol. The van der Waals surface area contributed by atoms with Gasteiger partial charge in [0.2, 0.25) is 5.91 Å². The average Bonchev–Trinajstić information content (AvgIpc) is 3.09. The van der Waals surface area contributed by atoms with Gasteiger partial charge < -0.3 is 19.9 Å². The third-order valence-corrected chi connectivity index (χ3v) is 17.7. The summed E-state index contributed by atoms with van der Waals surface area (Å²) < 4.78 is 5.98. The van der Waals surface area contributed by atoms with Crippen LogP contribution in [0.1, 0.15) is 119 Å². The number of allylic oxidation sites excluding steroid dienone is 2. The molecule has 1 N–H and O–H groups in total. The molecule has 286 valence electrons. The van der Waals surface area contributed by atoms with E-state index in [0.29, 0.717) is 47.8 Å². The van der Waals surface area contributed by atoms with Gasteiger partial charge in [0.05, 0.1) is 5.41 Å². The van der Waals surface area contributed by atoms with Crippen molar-refractivity contribution in [3.63, 3.8) is 0 Å². The fourth-order valence-electron chi connectivity index (χ4n) is 13.5. The fourth-order valence-corrected chi connectivity index (χ4v) is 14.0. The molecule has 1 saturated heterocycles. The predicted octanol–water partition coefficient (Wildman–Crippen LogP) is 10.1. The molecule has 8 heteroatoms. The van der Waals surface area contributed by atoms with E-state index in [2.05, 4.69) is 69.7 Å². The zero-order chi connectivity index (χ0) is 37.6. The maximum atomic E-state index is 15.1. The Morgan fingerprint density at radius 3 is 2.27 bits per heavy atom. The summed E-state index contributed by atoms with van der Waals surface area (Å²) in [6.45, 7) is 23.9. The van der Waals surface area contributed by atoms with Crippen LogP contribution in [-0.2, 0) is 14.3 Å². The number of piperazine rings is 1. The summed E-state index contributed by atoms with van der Waals surface area (Å²) >= 11 is 12.2. The van der Waals surface area contributed by atoms with Gasteiger partial charge in [0.15, 0.2) is 5.11 Å². The molecule has 0 aromatic heterocycles. The number of fused-ring (bicyclic) bond motifs is 7. The molecule has 1 aromatic carbocycles. The van der Waals surface area contributed by atoms with Gasteiger partial charge in [0.25, 0.3) is 0 Å². The number of nitrogens with zero attached hydrogens (tertiary/aromatic N) is 2. The van der Waals surface area contributed by atoms with Crippen LogP contribution in [0.25, 0.3) is 0 Å². The number of nitrogens with one attached hydrogen (secondary N) is 1. The zero-order valence-corrected chi connectivity index (χ0v) is 34.9. The molecular formula is C44H64ClN3O3S. The predicted molar refractivity (Wildman–Crippen MR) is 215 cm³/mol. The maximum Gasteiger partial charge on any atom is 0.302 e. The van der Waals surface area contributed by atoms with Gasteiger partial charge in [-0.3, -0.25) is 9.59 Å². The first kappa shape index (κ1) is 38.2. The number of rotatable bonds is 3. The number of carbonyl (C=O) groups excluding carboxylic acids is 2. The first-order valence-corrected chi connectivity index (χ1v) is 21.2. The third kappa shape index (κ3) is 5.70. The minimum absolute atomic E-state index is 0.00964. The summed E-state index contributed by atoms with van der Waals surface area (Å²) in [6.07, 6.45) is 12.4. The summed E-state index contributed by atoms with van der Waals surface area (Å²) in [6, 6.07) is 5.95. The maximum absolute atomic E-state index is 15.1. The van der Waals surface area contributed by atoms with Crippen molar-refractivity contribution in [2.75, 3.05) is 31.5 Å². The minimum atomic E-state index is -0.328. The van der Waals surface area contributed by atoms with Crippen molar-refractivity contribution < 1.29 is 14.3 Å². The number of benzene rings is 1. The van der Waals surface area contributed by atoms with E-state index in [9.17, 15) is 4.79 Å². The molecule has 0 radical (unpaired) electrons. The normalized spacial score (nSPS) is 41.0. The van der Waals surface area contributed by atoms with Gasteiger partial charge >= 0.3 is 5.97 Å². The van der Waals surface area contributed by atoms with E-state index in [1.807, 2.05) is 25.1 Å². The average molecular weight is 751 g/mol. The lowest BCUT2D eigenvalue weighted by atomic mass is 9.33. The van der Waals surface area contributed by atoms with Crippen LogP contribution in [0, 0.1) is 63.6 Å². The van der Waals surface area contributed by atoms with Crippen LogP contribution in [-0.4, -0.2) is 59.1 Å². The molecule has 1 amide bonds. The lowest BCUT2D eigenvalue weighted by Crippen LogP contribution is -2.66. The van der Waals surface area contributed by atoms with Crippen molar-refractivity contribution in [2.24, 2.45) is 56.7 Å². The summed E-state index contributed by atoms with van der Waals surface area (Å²) in [7, 11) is 0. The molecule has 6 nitrogen and oxygen atoms in total. The van der Waals surface area contributed by atoms with E-state index in [-0.39, 0.29) is 45.1 Å². The Labute approximate surface area is 324 Å². The fraction of sp³-hybridized carbons (Fsp3) is 0.750. The Bertz CT molecular complexity index is 1650. The lowest BCUT2D eigenvalue weighted by molar-refractivity contribution is -0.213. The van der Waals surface area contributed by atoms with Crippen LogP contribution in [0.3, 0.4) is 0 Å². The van der Waals surface area contributed by atoms with Gasteiger partial charge in [-0.2, -0.15) is 0 Å². The van der Waals surface area contributed by atoms with E-state index in [1.54, 1.807) is 12.5 Å². The molecule has 52 heavy (non-hydrogen) atoms. The van der Waals surface area contributed by atoms with Gasteiger partial charge in [0, 0.05) is 49.2 Å². The number of esters is 1.